The standard InChI is InChI=1S/C7H12N2O4S/c1-13-7(10)3-2-6-14(11,12)9-5-4-8/h9H,2-3,5-6H2,1H3. The monoisotopic (exact) mass is 220 g/mol. The average molecular weight is 220 g/mol. The Kier molecular flexibility index (Phi) is 5.83. The Morgan fingerprint density at radius 3 is 2.71 bits per heavy atom. The van der Waals surface area contributed by atoms with E-state index in [4.69, 9.17) is 5.26 Å². The van der Waals surface area contributed by atoms with Gasteiger partial charge in [-0.3, -0.25) is 4.79 Å². The van der Waals surface area contributed by atoms with Gasteiger partial charge >= 0.3 is 5.97 Å². The lowest BCUT2D eigenvalue weighted by molar-refractivity contribution is -0.140. The molecule has 0 aromatic rings. The molecule has 0 aliphatic heterocycles. The number of carbonyl (C=O) groups is 1. The van der Waals surface area contributed by atoms with Gasteiger partial charge in [0.1, 0.15) is 0 Å². The maximum Gasteiger partial charge on any atom is 0.305 e. The number of nitriles is 1. The zero-order chi connectivity index (χ0) is 11.0. The molecule has 0 aliphatic carbocycles. The number of esters is 1. The van der Waals surface area contributed by atoms with Crippen molar-refractivity contribution in [3.05, 3.63) is 0 Å². The van der Waals surface area contributed by atoms with Crippen molar-refractivity contribution in [3.8, 4) is 6.07 Å². The zero-order valence-corrected chi connectivity index (χ0v) is 8.63. The summed E-state index contributed by atoms with van der Waals surface area (Å²) in [4.78, 5) is 10.6. The fourth-order valence-corrected chi connectivity index (χ4v) is 1.68. The number of methoxy groups -OCH3 is 1. The van der Waals surface area contributed by atoms with Gasteiger partial charge in [0.15, 0.2) is 0 Å². The third-order valence-corrected chi connectivity index (χ3v) is 2.80. The fraction of sp³-hybridized carbons (Fsp3) is 0.714. The van der Waals surface area contributed by atoms with E-state index < -0.39 is 16.0 Å². The number of nitrogens with zero attached hydrogens (tertiary/aromatic N) is 1. The number of hydrogen-bond donors (Lipinski definition) is 1. The molecule has 0 heterocycles. The molecule has 0 saturated heterocycles. The highest BCUT2D eigenvalue weighted by atomic mass is 32.2. The minimum absolute atomic E-state index is 0.0595. The minimum atomic E-state index is -3.43. The third-order valence-electron chi connectivity index (χ3n) is 1.39. The van der Waals surface area contributed by atoms with E-state index in [0.29, 0.717) is 0 Å². The van der Waals surface area contributed by atoms with Crippen LogP contribution in [0.15, 0.2) is 0 Å². The molecule has 14 heavy (non-hydrogen) atoms. The first-order chi connectivity index (χ1) is 6.52. The number of nitrogens with one attached hydrogen (secondary N) is 1. The van der Waals surface area contributed by atoms with Crippen LogP contribution < -0.4 is 4.72 Å². The summed E-state index contributed by atoms with van der Waals surface area (Å²) in [6.45, 7) is -0.249. The summed E-state index contributed by atoms with van der Waals surface area (Å²) in [6.07, 6.45) is 0.247. The van der Waals surface area contributed by atoms with E-state index in [0.717, 1.165) is 0 Å². The summed E-state index contributed by atoms with van der Waals surface area (Å²) in [5.41, 5.74) is 0. The number of carbonyl (C=O) groups excluding carboxylic acids is 1. The van der Waals surface area contributed by atoms with Crippen LogP contribution in [0.25, 0.3) is 0 Å². The Labute approximate surface area is 82.9 Å². The number of ether oxygens (including phenoxy) is 1. The van der Waals surface area contributed by atoms with Crippen molar-refractivity contribution < 1.29 is 17.9 Å². The van der Waals surface area contributed by atoms with Gasteiger partial charge in [-0.1, -0.05) is 0 Å². The normalized spacial score (nSPS) is 10.6. The first-order valence-corrected chi connectivity index (χ1v) is 5.58. The molecular formula is C7H12N2O4S. The Bertz CT molecular complexity index is 317. The van der Waals surface area contributed by atoms with Gasteiger partial charge in [-0.05, 0) is 6.42 Å². The maximum atomic E-state index is 11.0. The Hall–Kier alpha value is -1.13. The Balaban J connectivity index is 3.78. The third kappa shape index (κ3) is 6.39. The van der Waals surface area contributed by atoms with E-state index >= 15 is 0 Å². The molecule has 0 fully saturated rings. The molecule has 0 amide bonds. The summed E-state index contributed by atoms with van der Waals surface area (Å²) in [5.74, 6) is -0.621. The quantitative estimate of drug-likeness (QED) is 0.475. The number of rotatable bonds is 6. The number of sulfonamides is 1. The highest BCUT2D eigenvalue weighted by Gasteiger charge is 2.10. The van der Waals surface area contributed by atoms with Gasteiger partial charge in [-0.25, -0.2) is 13.1 Å². The van der Waals surface area contributed by atoms with Gasteiger partial charge in [0, 0.05) is 6.42 Å². The van der Waals surface area contributed by atoms with Crippen molar-refractivity contribution >= 4 is 16.0 Å². The second-order valence-electron chi connectivity index (χ2n) is 2.48. The van der Waals surface area contributed by atoms with E-state index in [-0.39, 0.29) is 25.1 Å². The van der Waals surface area contributed by atoms with Crippen LogP contribution in [0.3, 0.4) is 0 Å². The van der Waals surface area contributed by atoms with Crippen LogP contribution in [0.2, 0.25) is 0 Å². The van der Waals surface area contributed by atoms with Crippen molar-refractivity contribution in [1.82, 2.24) is 4.72 Å². The predicted octanol–water partition coefficient (Wildman–Crippen LogP) is -0.617. The van der Waals surface area contributed by atoms with Gasteiger partial charge in [0.25, 0.3) is 0 Å². The van der Waals surface area contributed by atoms with Crippen LogP contribution in [-0.2, 0) is 19.6 Å². The molecule has 0 atom stereocenters. The lowest BCUT2D eigenvalue weighted by Gasteiger charge is -2.02. The summed E-state index contributed by atoms with van der Waals surface area (Å²) in [6, 6.07) is 1.65. The van der Waals surface area contributed by atoms with Crippen molar-refractivity contribution in [2.75, 3.05) is 19.4 Å². The van der Waals surface area contributed by atoms with Crippen LogP contribution >= 0.6 is 0 Å². The number of hydrogen-bond acceptors (Lipinski definition) is 5. The summed E-state index contributed by atoms with van der Waals surface area (Å²) >= 11 is 0. The van der Waals surface area contributed by atoms with Crippen LogP contribution in [0, 0.1) is 11.3 Å². The highest BCUT2D eigenvalue weighted by molar-refractivity contribution is 7.89. The van der Waals surface area contributed by atoms with Gasteiger partial charge in [0.05, 0.1) is 25.5 Å². The minimum Gasteiger partial charge on any atom is -0.469 e. The van der Waals surface area contributed by atoms with Gasteiger partial charge in [0.2, 0.25) is 10.0 Å². The highest BCUT2D eigenvalue weighted by Crippen LogP contribution is 1.95. The lowest BCUT2D eigenvalue weighted by Crippen LogP contribution is -2.26. The summed E-state index contributed by atoms with van der Waals surface area (Å²) < 4.78 is 28.5. The molecule has 0 radical (unpaired) electrons. The van der Waals surface area contributed by atoms with Gasteiger partial charge in [-0.2, -0.15) is 5.26 Å². The SMILES string of the molecule is COC(=O)CCCS(=O)(=O)NCC#N. The molecule has 0 aromatic carbocycles. The second-order valence-corrected chi connectivity index (χ2v) is 4.40. The van der Waals surface area contributed by atoms with Gasteiger partial charge in [-0.15, -0.1) is 0 Å². The molecular weight excluding hydrogens is 208 g/mol. The van der Waals surface area contributed by atoms with Crippen molar-refractivity contribution in [3.63, 3.8) is 0 Å². The zero-order valence-electron chi connectivity index (χ0n) is 7.82. The second kappa shape index (κ2) is 6.34. The first-order valence-electron chi connectivity index (χ1n) is 3.93. The molecule has 0 bridgehead atoms. The fourth-order valence-electron chi connectivity index (χ4n) is 0.723. The molecule has 7 heteroatoms. The molecule has 6 nitrogen and oxygen atoms in total. The largest absolute Gasteiger partial charge is 0.469 e. The van der Waals surface area contributed by atoms with E-state index in [1.165, 1.54) is 7.11 Å². The van der Waals surface area contributed by atoms with Crippen molar-refractivity contribution in [2.45, 2.75) is 12.8 Å². The first kappa shape index (κ1) is 12.9. The topological polar surface area (TPSA) is 96.3 Å². The molecule has 0 spiro atoms. The molecule has 0 aromatic heterocycles. The average Bonchev–Trinajstić information content (AvgIpc) is 2.14. The van der Waals surface area contributed by atoms with Crippen LogP contribution in [0.1, 0.15) is 12.8 Å². The van der Waals surface area contributed by atoms with Crippen molar-refractivity contribution in [1.29, 1.82) is 5.26 Å². The molecule has 0 aliphatic rings. The molecule has 1 N–H and O–H groups in total. The molecule has 0 unspecified atom stereocenters. The van der Waals surface area contributed by atoms with Gasteiger partial charge < -0.3 is 4.74 Å². The van der Waals surface area contributed by atoms with E-state index in [9.17, 15) is 13.2 Å². The molecule has 0 saturated carbocycles. The van der Waals surface area contributed by atoms with Crippen LogP contribution in [0.5, 0.6) is 0 Å². The lowest BCUT2D eigenvalue weighted by atomic mass is 10.3. The Morgan fingerprint density at radius 1 is 1.57 bits per heavy atom. The van der Waals surface area contributed by atoms with Crippen molar-refractivity contribution in [2.24, 2.45) is 0 Å². The predicted molar refractivity (Wildman–Crippen MR) is 48.7 cm³/mol. The Morgan fingerprint density at radius 2 is 2.21 bits per heavy atom. The van der Waals surface area contributed by atoms with Crippen LogP contribution in [0.4, 0.5) is 0 Å². The molecule has 80 valence electrons. The van der Waals surface area contributed by atoms with Crippen LogP contribution in [-0.4, -0.2) is 33.8 Å². The maximum absolute atomic E-state index is 11.0. The molecule has 0 rings (SSSR count). The summed E-state index contributed by atoms with van der Waals surface area (Å²) in [7, 11) is -2.19. The van der Waals surface area contributed by atoms with E-state index in [1.807, 2.05) is 0 Å². The van der Waals surface area contributed by atoms with E-state index in [1.54, 1.807) is 6.07 Å². The van der Waals surface area contributed by atoms with E-state index in [2.05, 4.69) is 9.46 Å². The smallest absolute Gasteiger partial charge is 0.305 e. The summed E-state index contributed by atoms with van der Waals surface area (Å²) in [5, 5.41) is 8.13.